The fourth-order valence-corrected chi connectivity index (χ4v) is 3.88. The van der Waals surface area contributed by atoms with E-state index in [4.69, 9.17) is 0 Å². The summed E-state index contributed by atoms with van der Waals surface area (Å²) < 4.78 is 0. The Labute approximate surface area is 144 Å². The van der Waals surface area contributed by atoms with E-state index in [1.165, 1.54) is 12.1 Å². The average Bonchev–Trinajstić information content (AvgIpc) is 3.10. The van der Waals surface area contributed by atoms with Crippen LogP contribution < -0.4 is 10.4 Å². The Bertz CT molecular complexity index is 906. The summed E-state index contributed by atoms with van der Waals surface area (Å²) in [6.45, 7) is 0. The lowest BCUT2D eigenvalue weighted by molar-refractivity contribution is -0.384. The van der Waals surface area contributed by atoms with E-state index in [1.807, 2.05) is 6.07 Å². The number of fused-ring (bicyclic) bond motifs is 3. The summed E-state index contributed by atoms with van der Waals surface area (Å²) in [4.78, 5) is 21.8. The number of carboxylic acids is 1. The summed E-state index contributed by atoms with van der Waals surface area (Å²) in [6.07, 6.45) is 5.01. The molecule has 0 fully saturated rings. The number of hydrogen-bond donors (Lipinski definition) is 1. The molecule has 2 aliphatic rings. The molecule has 2 aromatic rings. The molecule has 0 unspecified atom stereocenters. The highest BCUT2D eigenvalue weighted by Gasteiger charge is 2.38. The standard InChI is InChI=1S/C19H16N2O4/c22-19(23)12-7-8-17-16(10-12)14-5-2-6-15(14)18(20-17)11-3-1-4-13(9-11)21(24)25/h1-5,7-10,14-15,18,20H,6H2,(H,22,23)/p-1/t14-,15+,18+/m0/s1. The van der Waals surface area contributed by atoms with Crippen LogP contribution in [-0.2, 0) is 0 Å². The summed E-state index contributed by atoms with van der Waals surface area (Å²) in [5, 5.41) is 25.7. The summed E-state index contributed by atoms with van der Waals surface area (Å²) in [5.74, 6) is -0.923. The van der Waals surface area contributed by atoms with Gasteiger partial charge in [-0.05, 0) is 41.2 Å². The molecule has 0 spiro atoms. The van der Waals surface area contributed by atoms with Crippen molar-refractivity contribution in [2.24, 2.45) is 5.92 Å². The second-order valence-electron chi connectivity index (χ2n) is 6.42. The number of carbonyl (C=O) groups excluding carboxylic acids is 1. The number of aromatic carboxylic acids is 1. The lowest BCUT2D eigenvalue weighted by Gasteiger charge is -2.37. The van der Waals surface area contributed by atoms with E-state index < -0.39 is 10.9 Å². The maximum atomic E-state index is 11.2. The van der Waals surface area contributed by atoms with Crippen LogP contribution in [0, 0.1) is 16.0 Å². The molecule has 0 amide bonds. The number of rotatable bonds is 3. The molecule has 0 bridgehead atoms. The van der Waals surface area contributed by atoms with Gasteiger partial charge in [0.2, 0.25) is 0 Å². The normalized spacial score (nSPS) is 23.4. The third-order valence-corrected chi connectivity index (χ3v) is 5.04. The van der Waals surface area contributed by atoms with Crippen LogP contribution in [0.15, 0.2) is 54.6 Å². The molecule has 0 saturated heterocycles. The number of non-ortho nitro benzene ring substituents is 1. The first kappa shape index (κ1) is 15.4. The van der Waals surface area contributed by atoms with Gasteiger partial charge in [0, 0.05) is 23.7 Å². The van der Waals surface area contributed by atoms with Crippen LogP contribution in [0.5, 0.6) is 0 Å². The average molecular weight is 335 g/mol. The molecule has 0 saturated carbocycles. The number of allylic oxidation sites excluding steroid dienone is 2. The van der Waals surface area contributed by atoms with Crippen LogP contribution in [0.2, 0.25) is 0 Å². The van der Waals surface area contributed by atoms with E-state index in [1.54, 1.807) is 24.3 Å². The summed E-state index contributed by atoms with van der Waals surface area (Å²) in [6, 6.07) is 11.5. The van der Waals surface area contributed by atoms with Crippen molar-refractivity contribution in [1.82, 2.24) is 0 Å². The molecule has 25 heavy (non-hydrogen) atoms. The van der Waals surface area contributed by atoms with E-state index in [2.05, 4.69) is 17.5 Å². The van der Waals surface area contributed by atoms with Crippen molar-refractivity contribution in [1.29, 1.82) is 0 Å². The number of nitro benzene ring substituents is 1. The zero-order chi connectivity index (χ0) is 17.6. The second kappa shape index (κ2) is 5.73. The van der Waals surface area contributed by atoms with E-state index in [0.717, 1.165) is 23.2 Å². The van der Waals surface area contributed by atoms with Gasteiger partial charge in [0.1, 0.15) is 0 Å². The lowest BCUT2D eigenvalue weighted by Crippen LogP contribution is -2.30. The minimum absolute atomic E-state index is 0.0683. The van der Waals surface area contributed by atoms with E-state index in [0.29, 0.717) is 0 Å². The van der Waals surface area contributed by atoms with Crippen molar-refractivity contribution >= 4 is 17.3 Å². The third-order valence-electron chi connectivity index (χ3n) is 5.04. The van der Waals surface area contributed by atoms with Crippen LogP contribution in [-0.4, -0.2) is 10.9 Å². The molecule has 6 heteroatoms. The van der Waals surface area contributed by atoms with Gasteiger partial charge in [-0.15, -0.1) is 0 Å². The first-order chi connectivity index (χ1) is 12.0. The molecular weight excluding hydrogens is 320 g/mol. The molecule has 0 radical (unpaired) electrons. The van der Waals surface area contributed by atoms with Crippen LogP contribution in [0.25, 0.3) is 0 Å². The smallest absolute Gasteiger partial charge is 0.269 e. The highest BCUT2D eigenvalue weighted by molar-refractivity contribution is 5.87. The highest BCUT2D eigenvalue weighted by atomic mass is 16.6. The fourth-order valence-electron chi connectivity index (χ4n) is 3.88. The molecular formula is C19H15N2O4-. The van der Waals surface area contributed by atoms with Crippen molar-refractivity contribution < 1.29 is 14.8 Å². The van der Waals surface area contributed by atoms with Crippen LogP contribution >= 0.6 is 0 Å². The number of carboxylic acid groups (broad SMARTS) is 1. The van der Waals surface area contributed by atoms with Gasteiger partial charge in [-0.2, -0.15) is 0 Å². The second-order valence-corrected chi connectivity index (χ2v) is 6.42. The minimum Gasteiger partial charge on any atom is -0.545 e. The monoisotopic (exact) mass is 335 g/mol. The molecule has 1 aliphatic heterocycles. The molecule has 2 aromatic carbocycles. The Hall–Kier alpha value is -3.15. The quantitative estimate of drug-likeness (QED) is 0.529. The largest absolute Gasteiger partial charge is 0.545 e. The Morgan fingerprint density at radius 3 is 2.80 bits per heavy atom. The van der Waals surface area contributed by atoms with Gasteiger partial charge in [0.05, 0.1) is 16.9 Å². The van der Waals surface area contributed by atoms with Crippen molar-refractivity contribution in [2.45, 2.75) is 18.4 Å². The third kappa shape index (κ3) is 2.55. The molecule has 3 atom stereocenters. The molecule has 126 valence electrons. The summed E-state index contributed by atoms with van der Waals surface area (Å²) >= 11 is 0. The summed E-state index contributed by atoms with van der Waals surface area (Å²) in [5.41, 5.74) is 2.88. The highest BCUT2D eigenvalue weighted by Crippen LogP contribution is 2.50. The molecule has 6 nitrogen and oxygen atoms in total. The molecule has 4 rings (SSSR count). The van der Waals surface area contributed by atoms with Gasteiger partial charge in [0.15, 0.2) is 0 Å². The van der Waals surface area contributed by atoms with Crippen LogP contribution in [0.4, 0.5) is 11.4 Å². The SMILES string of the molecule is O=C([O-])c1ccc2c(c1)[C@H]1C=CC[C@H]1[C@@H](c1cccc([N+](=O)[O-])c1)N2. The molecule has 1 heterocycles. The lowest BCUT2D eigenvalue weighted by atomic mass is 9.76. The topological polar surface area (TPSA) is 95.3 Å². The molecule has 1 aliphatic carbocycles. The Morgan fingerprint density at radius 2 is 2.04 bits per heavy atom. The molecule has 0 aromatic heterocycles. The fraction of sp³-hybridized carbons (Fsp3) is 0.211. The van der Waals surface area contributed by atoms with Gasteiger partial charge in [-0.25, -0.2) is 0 Å². The van der Waals surface area contributed by atoms with Crippen molar-refractivity contribution in [2.75, 3.05) is 5.32 Å². The number of carbonyl (C=O) groups is 1. The van der Waals surface area contributed by atoms with Crippen molar-refractivity contribution in [3.8, 4) is 0 Å². The maximum absolute atomic E-state index is 11.2. The first-order valence-electron chi connectivity index (χ1n) is 8.07. The number of anilines is 1. The van der Waals surface area contributed by atoms with Crippen molar-refractivity contribution in [3.05, 3.63) is 81.4 Å². The predicted octanol–water partition coefficient (Wildman–Crippen LogP) is 2.78. The van der Waals surface area contributed by atoms with Gasteiger partial charge in [0.25, 0.3) is 5.69 Å². The number of nitro groups is 1. The molecule has 1 N–H and O–H groups in total. The number of nitrogens with one attached hydrogen (secondary N) is 1. The Kier molecular flexibility index (Phi) is 3.53. The van der Waals surface area contributed by atoms with E-state index in [-0.39, 0.29) is 29.1 Å². The van der Waals surface area contributed by atoms with E-state index in [9.17, 15) is 20.0 Å². The van der Waals surface area contributed by atoms with Gasteiger partial charge >= 0.3 is 0 Å². The zero-order valence-electron chi connectivity index (χ0n) is 13.2. The van der Waals surface area contributed by atoms with Gasteiger partial charge in [-0.1, -0.05) is 30.4 Å². The van der Waals surface area contributed by atoms with E-state index >= 15 is 0 Å². The van der Waals surface area contributed by atoms with Crippen LogP contribution in [0.3, 0.4) is 0 Å². The Morgan fingerprint density at radius 1 is 1.20 bits per heavy atom. The predicted molar refractivity (Wildman–Crippen MR) is 90.2 cm³/mol. The number of hydrogen-bond acceptors (Lipinski definition) is 5. The Balaban J connectivity index is 1.77. The first-order valence-corrected chi connectivity index (χ1v) is 8.07. The number of benzene rings is 2. The van der Waals surface area contributed by atoms with Crippen LogP contribution in [0.1, 0.15) is 39.9 Å². The van der Waals surface area contributed by atoms with Gasteiger partial charge in [-0.3, -0.25) is 10.1 Å². The maximum Gasteiger partial charge on any atom is 0.269 e. The number of nitrogens with zero attached hydrogens (tertiary/aromatic N) is 1. The summed E-state index contributed by atoms with van der Waals surface area (Å²) in [7, 11) is 0. The van der Waals surface area contributed by atoms with Gasteiger partial charge < -0.3 is 15.2 Å². The van der Waals surface area contributed by atoms with Crippen molar-refractivity contribution in [3.63, 3.8) is 0 Å². The zero-order valence-corrected chi connectivity index (χ0v) is 13.2. The minimum atomic E-state index is -1.19.